The van der Waals surface area contributed by atoms with Gasteiger partial charge in [0, 0.05) is 6.42 Å². The number of fused-ring (bicyclic) bond motifs is 1. The van der Waals surface area contributed by atoms with Gasteiger partial charge in [0.25, 0.3) is 0 Å². The third-order valence-electron chi connectivity index (χ3n) is 4.35. The molecule has 0 spiro atoms. The molecule has 2 atom stereocenters. The Kier molecular flexibility index (Phi) is 3.60. The Hall–Kier alpha value is -3.03. The third kappa shape index (κ3) is 2.69. The van der Waals surface area contributed by atoms with Crippen molar-refractivity contribution < 1.29 is 18.7 Å². The molecule has 0 aliphatic carbocycles. The molecular weight excluding hydrogens is 330 g/mol. The molecule has 0 saturated carbocycles. The summed E-state index contributed by atoms with van der Waals surface area (Å²) in [5.41, 5.74) is 0.973. The molecule has 3 heterocycles. The first-order valence-electron chi connectivity index (χ1n) is 7.77. The van der Waals surface area contributed by atoms with Crippen molar-refractivity contribution in [2.24, 2.45) is 0 Å². The first-order valence-corrected chi connectivity index (χ1v) is 7.77. The van der Waals surface area contributed by atoms with Gasteiger partial charge in [0.05, 0.1) is 18.8 Å². The molecule has 2 unspecified atom stereocenters. The van der Waals surface area contributed by atoms with E-state index >= 15 is 0 Å². The topological polar surface area (TPSA) is 70.7 Å². The number of imidazole rings is 1. The molecule has 0 amide bonds. The van der Waals surface area contributed by atoms with Crippen molar-refractivity contribution in [1.29, 1.82) is 0 Å². The highest BCUT2D eigenvalue weighted by Crippen LogP contribution is 2.36. The number of hydrogen-bond acceptors (Lipinski definition) is 4. The second-order valence-electron chi connectivity index (χ2n) is 5.97. The Balaban J connectivity index is 1.77. The predicted octanol–water partition coefficient (Wildman–Crippen LogP) is 2.86. The largest absolute Gasteiger partial charge is 0.476 e. The van der Waals surface area contributed by atoms with Gasteiger partial charge >= 0.3 is 5.97 Å². The third-order valence-corrected chi connectivity index (χ3v) is 4.35. The number of hydrogen-bond donors (Lipinski definition) is 1. The fraction of sp³-hybridized carbons (Fsp3) is 0.235. The van der Waals surface area contributed by atoms with Crippen LogP contribution in [0.25, 0.3) is 5.65 Å². The van der Waals surface area contributed by atoms with Gasteiger partial charge in [-0.15, -0.1) is 5.10 Å². The van der Waals surface area contributed by atoms with Gasteiger partial charge in [-0.1, -0.05) is 12.1 Å². The van der Waals surface area contributed by atoms with E-state index in [1.165, 1.54) is 22.8 Å². The quantitative estimate of drug-likeness (QED) is 0.791. The maximum atomic E-state index is 14.1. The fourth-order valence-corrected chi connectivity index (χ4v) is 3.23. The molecule has 6 nitrogen and oxygen atoms in total. The minimum atomic E-state index is -1.15. The number of alkyl halides is 1. The number of carbonyl (C=O) groups is 1. The second kappa shape index (κ2) is 5.80. The van der Waals surface area contributed by atoms with Gasteiger partial charge in [0.2, 0.25) is 0 Å². The minimum Gasteiger partial charge on any atom is -0.476 e. The van der Waals surface area contributed by atoms with Gasteiger partial charge in [-0.2, -0.15) is 0 Å². The maximum Gasteiger partial charge on any atom is 0.356 e. The molecule has 1 aliphatic heterocycles. The van der Waals surface area contributed by atoms with Crippen LogP contribution in [0.2, 0.25) is 0 Å². The standard InChI is InChI=1S/C17H14F2N4O2/c18-11-3-1-2-10(6-11)13-7-12(19)9-22(13)16-5-4-15-20-8-14(17(24)25)23(15)21-16/h1-6,8,12-13H,7,9H2,(H,24,25). The lowest BCUT2D eigenvalue weighted by Gasteiger charge is -2.25. The number of aromatic carboxylic acids is 1. The first kappa shape index (κ1) is 15.5. The van der Waals surface area contributed by atoms with Gasteiger partial charge in [-0.3, -0.25) is 0 Å². The molecule has 1 N–H and O–H groups in total. The highest BCUT2D eigenvalue weighted by molar-refractivity contribution is 5.86. The van der Waals surface area contributed by atoms with Crippen molar-refractivity contribution in [3.05, 3.63) is 59.7 Å². The molecule has 8 heteroatoms. The van der Waals surface area contributed by atoms with Crippen LogP contribution >= 0.6 is 0 Å². The number of carboxylic acids is 1. The summed E-state index contributed by atoms with van der Waals surface area (Å²) in [7, 11) is 0. The van der Waals surface area contributed by atoms with E-state index in [1.54, 1.807) is 29.2 Å². The Morgan fingerprint density at radius 1 is 1.28 bits per heavy atom. The molecule has 1 aromatic carbocycles. The van der Waals surface area contributed by atoms with Crippen molar-refractivity contribution in [3.63, 3.8) is 0 Å². The summed E-state index contributed by atoms with van der Waals surface area (Å²) in [6, 6.07) is 8.98. The highest BCUT2D eigenvalue weighted by atomic mass is 19.1. The van der Waals surface area contributed by atoms with Gasteiger partial charge < -0.3 is 10.0 Å². The maximum absolute atomic E-state index is 14.1. The molecule has 0 radical (unpaired) electrons. The zero-order chi connectivity index (χ0) is 17.6. The Morgan fingerprint density at radius 3 is 2.88 bits per heavy atom. The lowest BCUT2D eigenvalue weighted by atomic mass is 10.0. The smallest absolute Gasteiger partial charge is 0.356 e. The van der Waals surface area contributed by atoms with E-state index in [9.17, 15) is 18.7 Å². The number of rotatable bonds is 3. The summed E-state index contributed by atoms with van der Waals surface area (Å²) >= 11 is 0. The van der Waals surface area contributed by atoms with E-state index in [2.05, 4.69) is 10.1 Å². The number of nitrogens with zero attached hydrogens (tertiary/aromatic N) is 4. The number of benzene rings is 1. The average molecular weight is 344 g/mol. The van der Waals surface area contributed by atoms with Crippen molar-refractivity contribution >= 4 is 17.4 Å². The van der Waals surface area contributed by atoms with Crippen LogP contribution < -0.4 is 4.90 Å². The molecule has 128 valence electrons. The SMILES string of the molecule is O=C(O)c1cnc2ccc(N3CC(F)CC3c3cccc(F)c3)nn12. The average Bonchev–Trinajstić information content (AvgIpc) is 3.17. The summed E-state index contributed by atoms with van der Waals surface area (Å²) in [6.45, 7) is 0.108. The normalized spacial score (nSPS) is 20.3. The van der Waals surface area contributed by atoms with Crippen LogP contribution in [-0.2, 0) is 0 Å². The summed E-state index contributed by atoms with van der Waals surface area (Å²) in [5.74, 6) is -1.11. The minimum absolute atomic E-state index is 0.0739. The van der Waals surface area contributed by atoms with Crippen LogP contribution in [0, 0.1) is 5.82 Å². The lowest BCUT2D eigenvalue weighted by molar-refractivity contribution is 0.0688. The van der Waals surface area contributed by atoms with Crippen molar-refractivity contribution in [3.8, 4) is 0 Å². The van der Waals surface area contributed by atoms with E-state index < -0.39 is 12.1 Å². The van der Waals surface area contributed by atoms with Crippen molar-refractivity contribution in [1.82, 2.24) is 14.6 Å². The first-order chi connectivity index (χ1) is 12.0. The summed E-state index contributed by atoms with van der Waals surface area (Å²) < 4.78 is 28.8. The molecule has 0 bridgehead atoms. The summed E-state index contributed by atoms with van der Waals surface area (Å²) in [4.78, 5) is 17.0. The molecular formula is C17H14F2N4O2. The van der Waals surface area contributed by atoms with E-state index in [0.717, 1.165) is 0 Å². The predicted molar refractivity (Wildman–Crippen MR) is 85.9 cm³/mol. The Bertz CT molecular complexity index is 959. The van der Waals surface area contributed by atoms with Crippen molar-refractivity contribution in [2.45, 2.75) is 18.6 Å². The van der Waals surface area contributed by atoms with E-state index in [4.69, 9.17) is 0 Å². The summed E-state index contributed by atoms with van der Waals surface area (Å²) in [5, 5.41) is 13.5. The second-order valence-corrected chi connectivity index (χ2v) is 5.97. The molecule has 1 aliphatic rings. The molecule has 3 aromatic rings. The van der Waals surface area contributed by atoms with Gasteiger partial charge in [-0.05, 0) is 29.8 Å². The highest BCUT2D eigenvalue weighted by Gasteiger charge is 2.34. The van der Waals surface area contributed by atoms with Crippen LogP contribution in [-0.4, -0.2) is 38.4 Å². The lowest BCUT2D eigenvalue weighted by Crippen LogP contribution is -2.25. The fourth-order valence-electron chi connectivity index (χ4n) is 3.23. The number of anilines is 1. The van der Waals surface area contributed by atoms with Gasteiger partial charge in [0.1, 0.15) is 17.8 Å². The molecule has 4 rings (SSSR count). The zero-order valence-electron chi connectivity index (χ0n) is 13.0. The van der Waals surface area contributed by atoms with E-state index in [-0.39, 0.29) is 30.5 Å². The van der Waals surface area contributed by atoms with Gasteiger partial charge in [0.15, 0.2) is 11.3 Å². The van der Waals surface area contributed by atoms with Crippen LogP contribution in [0.1, 0.15) is 28.5 Å². The van der Waals surface area contributed by atoms with E-state index in [0.29, 0.717) is 17.0 Å². The Labute approximate surface area is 141 Å². The van der Waals surface area contributed by atoms with Crippen LogP contribution in [0.5, 0.6) is 0 Å². The molecule has 2 aromatic heterocycles. The number of carboxylic acid groups (broad SMARTS) is 1. The molecule has 1 fully saturated rings. The molecule has 25 heavy (non-hydrogen) atoms. The van der Waals surface area contributed by atoms with Crippen LogP contribution in [0.15, 0.2) is 42.6 Å². The number of halogens is 2. The zero-order valence-corrected chi connectivity index (χ0v) is 13.0. The number of aromatic nitrogens is 3. The van der Waals surface area contributed by atoms with Crippen LogP contribution in [0.4, 0.5) is 14.6 Å². The van der Waals surface area contributed by atoms with Crippen molar-refractivity contribution in [2.75, 3.05) is 11.4 Å². The molecule has 1 saturated heterocycles. The van der Waals surface area contributed by atoms with E-state index in [1.807, 2.05) is 0 Å². The summed E-state index contributed by atoms with van der Waals surface area (Å²) in [6.07, 6.45) is 0.367. The van der Waals surface area contributed by atoms with Crippen LogP contribution in [0.3, 0.4) is 0 Å². The van der Waals surface area contributed by atoms with Gasteiger partial charge in [-0.25, -0.2) is 23.1 Å². The monoisotopic (exact) mass is 344 g/mol. The Morgan fingerprint density at radius 2 is 2.12 bits per heavy atom.